The molecular formula is C49H67ClN4O10S. The predicted molar refractivity (Wildman–Crippen MR) is 248 cm³/mol. The topological polar surface area (TPSA) is 184 Å². The molecule has 0 aromatic heterocycles. The van der Waals surface area contributed by atoms with Crippen LogP contribution in [0.5, 0.6) is 0 Å². The van der Waals surface area contributed by atoms with E-state index in [4.69, 9.17) is 25.8 Å². The number of halogens is 1. The fourth-order valence-corrected chi connectivity index (χ4v) is 12.2. The lowest BCUT2D eigenvalue weighted by Crippen LogP contribution is -2.60. The first kappa shape index (κ1) is 49.0. The maximum absolute atomic E-state index is 14.3. The number of nitrogens with zero attached hydrogens (tertiary/aromatic N) is 2. The minimum atomic E-state index is -1.59. The van der Waals surface area contributed by atoms with Crippen LogP contribution in [0.15, 0.2) is 35.9 Å². The van der Waals surface area contributed by atoms with E-state index >= 15 is 0 Å². The number of epoxide rings is 1. The summed E-state index contributed by atoms with van der Waals surface area (Å²) in [5.74, 6) is -1.05. The largest absolute Gasteiger partial charge is 0.458 e. The summed E-state index contributed by atoms with van der Waals surface area (Å²) in [4.78, 5) is 82.8. The third-order valence-corrected chi connectivity index (χ3v) is 17.1. The number of allylic oxidation sites excluding steroid dienone is 3. The van der Waals surface area contributed by atoms with Gasteiger partial charge in [0.25, 0.3) is 0 Å². The van der Waals surface area contributed by atoms with Gasteiger partial charge in [-0.3, -0.25) is 34.2 Å². The number of esters is 1. The van der Waals surface area contributed by atoms with Gasteiger partial charge in [0.2, 0.25) is 23.6 Å². The van der Waals surface area contributed by atoms with Crippen molar-refractivity contribution >= 4 is 64.7 Å². The summed E-state index contributed by atoms with van der Waals surface area (Å²) < 4.78 is 18.5. The summed E-state index contributed by atoms with van der Waals surface area (Å²) in [6.07, 6.45) is 9.16. The molecule has 4 bridgehead atoms. The Kier molecular flexibility index (Phi) is 15.2. The van der Waals surface area contributed by atoms with Crippen LogP contribution in [-0.4, -0.2) is 107 Å². The van der Waals surface area contributed by atoms with Gasteiger partial charge in [-0.1, -0.05) is 55.3 Å². The fourth-order valence-electron chi connectivity index (χ4n) is 10.6. The second-order valence-electron chi connectivity index (χ2n) is 19.9. The molecule has 3 saturated heterocycles. The number of aliphatic hydroxyl groups is 1. The van der Waals surface area contributed by atoms with E-state index in [9.17, 15) is 33.9 Å². The quantitative estimate of drug-likeness (QED) is 0.141. The molecular weight excluding hydrogens is 872 g/mol. The number of fused-ring (bicyclic) bond motifs is 5. The molecule has 14 nitrogen and oxygen atoms in total. The number of carbonyl (C=O) groups excluding carboxylic acids is 6. The van der Waals surface area contributed by atoms with Crippen molar-refractivity contribution in [2.75, 3.05) is 31.3 Å². The Hall–Kier alpha value is -3.92. The number of alkyl carbamates (subject to hydrolysis) is 1. The van der Waals surface area contributed by atoms with Gasteiger partial charge in [0.15, 0.2) is 0 Å². The number of rotatable bonds is 8. The van der Waals surface area contributed by atoms with E-state index in [0.29, 0.717) is 42.3 Å². The molecule has 2 aliphatic carbocycles. The number of likely N-dealkylation sites (tertiary alicyclic amines) is 1. The zero-order chi connectivity index (χ0) is 47.0. The van der Waals surface area contributed by atoms with E-state index in [0.717, 1.165) is 55.2 Å². The number of nitrogens with one attached hydrogen (secondary N) is 2. The number of carbonyl (C=O) groups is 6. The van der Waals surface area contributed by atoms with Crippen molar-refractivity contribution in [2.24, 2.45) is 35.5 Å². The number of benzene rings is 1. The molecule has 8 atom stereocenters. The first-order chi connectivity index (χ1) is 30.8. The van der Waals surface area contributed by atoms with Crippen molar-refractivity contribution in [3.8, 4) is 0 Å². The summed E-state index contributed by atoms with van der Waals surface area (Å²) in [5.41, 5.74) is 0.650. The van der Waals surface area contributed by atoms with Crippen LogP contribution in [-0.2, 0) is 44.6 Å². The second-order valence-corrected chi connectivity index (χ2v) is 21.5. The Balaban J connectivity index is 1.01. The monoisotopic (exact) mass is 938 g/mol. The van der Waals surface area contributed by atoms with E-state index in [2.05, 4.69) is 10.6 Å². The van der Waals surface area contributed by atoms with Crippen LogP contribution in [0, 0.1) is 42.4 Å². The Bertz CT molecular complexity index is 2080. The van der Waals surface area contributed by atoms with Crippen molar-refractivity contribution in [2.45, 2.75) is 147 Å². The highest BCUT2D eigenvalue weighted by molar-refractivity contribution is 8.00. The molecule has 6 aliphatic rings. The molecule has 0 radical (unpaired) electrons. The van der Waals surface area contributed by atoms with Gasteiger partial charge in [-0.2, -0.15) is 0 Å². The molecule has 3 N–H and O–H groups in total. The number of aryl methyl sites for hydroxylation is 1. The molecule has 2 unspecified atom stereocenters. The number of imide groups is 1. The van der Waals surface area contributed by atoms with E-state index < -0.39 is 64.7 Å². The zero-order valence-electron chi connectivity index (χ0n) is 38.9. The van der Waals surface area contributed by atoms with Crippen molar-refractivity contribution in [3.05, 3.63) is 52.1 Å². The summed E-state index contributed by atoms with van der Waals surface area (Å²) in [5, 5.41) is 17.2. The maximum Gasteiger partial charge on any atom is 0.409 e. The minimum Gasteiger partial charge on any atom is -0.458 e. The van der Waals surface area contributed by atoms with Crippen LogP contribution < -0.4 is 15.5 Å². The van der Waals surface area contributed by atoms with Crippen molar-refractivity contribution < 1.29 is 48.1 Å². The molecule has 5 fully saturated rings. The van der Waals surface area contributed by atoms with Gasteiger partial charge in [0.1, 0.15) is 23.5 Å². The average molecular weight is 940 g/mol. The van der Waals surface area contributed by atoms with Gasteiger partial charge in [0.05, 0.1) is 34.4 Å². The third kappa shape index (κ3) is 10.9. The van der Waals surface area contributed by atoms with Crippen molar-refractivity contribution in [3.63, 3.8) is 0 Å². The van der Waals surface area contributed by atoms with Crippen LogP contribution in [0.25, 0.3) is 0 Å². The lowest BCUT2D eigenvalue weighted by molar-refractivity contribution is -0.160. The van der Waals surface area contributed by atoms with Crippen LogP contribution in [0.2, 0.25) is 5.02 Å². The average Bonchev–Trinajstić information content (AvgIpc) is 3.90. The first-order valence-corrected chi connectivity index (χ1v) is 24.9. The highest BCUT2D eigenvalue weighted by atomic mass is 35.5. The predicted octanol–water partition coefficient (Wildman–Crippen LogP) is 6.81. The van der Waals surface area contributed by atoms with Crippen LogP contribution >= 0.6 is 23.4 Å². The summed E-state index contributed by atoms with van der Waals surface area (Å²) in [6.45, 7) is 9.84. The Morgan fingerprint density at radius 1 is 0.985 bits per heavy atom. The van der Waals surface area contributed by atoms with Crippen molar-refractivity contribution in [1.29, 1.82) is 0 Å². The molecule has 356 valence electrons. The molecule has 0 spiro atoms. The molecule has 7 rings (SSSR count). The summed E-state index contributed by atoms with van der Waals surface area (Å²) in [6, 6.07) is 3.90. The van der Waals surface area contributed by atoms with Gasteiger partial charge in [-0.05, 0) is 113 Å². The SMILES string of the molecule is CNC(=O)[C@H]1CC[C@H](CN2C(=O)CC(SC[C@H]3CC[C@H](C(=O)O[C@H]4CC(=O)N(C)c5cc(cc(C)c5Cl)C/C(C)=C/C=C/[C@@H](C)[C@@]5(O)CC(OC(=O)N5)[C@@H](C)[C@@H]5O[C@@]45C)CC3)C2=O)CC1. The Morgan fingerprint density at radius 2 is 1.66 bits per heavy atom. The lowest BCUT2D eigenvalue weighted by atomic mass is 9.81. The number of anilines is 1. The molecule has 4 aliphatic heterocycles. The number of ether oxygens (including phenoxy) is 3. The van der Waals surface area contributed by atoms with Crippen LogP contribution in [0.4, 0.5) is 10.5 Å². The molecule has 4 heterocycles. The number of hydrogen-bond acceptors (Lipinski definition) is 11. The molecule has 5 amide bonds. The van der Waals surface area contributed by atoms with Crippen molar-refractivity contribution in [1.82, 2.24) is 15.5 Å². The third-order valence-electron chi connectivity index (χ3n) is 15.2. The van der Waals surface area contributed by atoms with Gasteiger partial charge >= 0.3 is 12.1 Å². The maximum atomic E-state index is 14.3. The van der Waals surface area contributed by atoms with Gasteiger partial charge in [0, 0.05) is 51.2 Å². The Morgan fingerprint density at radius 3 is 2.35 bits per heavy atom. The smallest absolute Gasteiger partial charge is 0.409 e. The molecule has 2 saturated carbocycles. The Labute approximate surface area is 392 Å². The number of thioether (sulfide) groups is 1. The summed E-state index contributed by atoms with van der Waals surface area (Å²) in [7, 11) is 3.32. The second kappa shape index (κ2) is 20.1. The van der Waals surface area contributed by atoms with E-state index in [1.165, 1.54) is 21.6 Å². The number of amides is 5. The highest BCUT2D eigenvalue weighted by Crippen LogP contribution is 2.50. The molecule has 1 aromatic carbocycles. The highest BCUT2D eigenvalue weighted by Gasteiger charge is 2.64. The zero-order valence-corrected chi connectivity index (χ0v) is 40.4. The van der Waals surface area contributed by atoms with Gasteiger partial charge in [-0.25, -0.2) is 4.79 Å². The molecule has 65 heavy (non-hydrogen) atoms. The fraction of sp³-hybridized carbons (Fsp3) is 0.673. The van der Waals surface area contributed by atoms with Crippen LogP contribution in [0.1, 0.15) is 109 Å². The normalized spacial score (nSPS) is 37.0. The number of hydrogen-bond donors (Lipinski definition) is 3. The van der Waals surface area contributed by atoms with Gasteiger partial charge < -0.3 is 29.5 Å². The standard InChI is InChI=1S/C49H67ClN4O10S/c1-27-9-8-10-29(3)49(61)24-37(62-47(60)52-49)30(4)43-48(5,64-43)39(23-40(55)53(7)36-21-33(19-27)20-28(2)42(36)50)63-46(59)35-17-13-32(14-18-35)26-65-38-22-41(56)54(45(38)58)25-31-11-15-34(16-12-31)44(57)51-6/h8-10,20-21,29-32,34-35,37-39,43,61H,11-19,22-26H2,1-7H3,(H,51,57)(H,52,60)/b10-8+,27-9+/t29-,30-,31-,32-,34-,35-,37?,38?,39+,43+,48+,49+/m1/s1. The van der Waals surface area contributed by atoms with E-state index in [-0.39, 0.29) is 60.6 Å². The lowest BCUT2D eigenvalue weighted by Gasteiger charge is -2.41. The van der Waals surface area contributed by atoms with Gasteiger partial charge in [-0.15, -0.1) is 11.8 Å². The minimum absolute atomic E-state index is 0.00469. The molecule has 16 heteroatoms. The summed E-state index contributed by atoms with van der Waals surface area (Å²) >= 11 is 8.38. The van der Waals surface area contributed by atoms with Crippen LogP contribution in [0.3, 0.4) is 0 Å². The van der Waals surface area contributed by atoms with E-state index in [1.54, 1.807) is 14.1 Å². The first-order valence-electron chi connectivity index (χ1n) is 23.5. The van der Waals surface area contributed by atoms with E-state index in [1.807, 2.05) is 65.0 Å². The molecule has 1 aromatic rings.